The Kier molecular flexibility index (Phi) is 4.11. The number of rotatable bonds is 4. The highest BCUT2D eigenvalue weighted by Gasteiger charge is 2.41. The number of hydrogen-bond donors (Lipinski definition) is 1. The van der Waals surface area contributed by atoms with E-state index in [1.54, 1.807) is 0 Å². The summed E-state index contributed by atoms with van der Waals surface area (Å²) in [5.74, 6) is -1.19. The molecule has 1 N–H and O–H groups in total. The van der Waals surface area contributed by atoms with Crippen LogP contribution in [0.2, 0.25) is 0 Å². The number of nitrogens with zero attached hydrogens (tertiary/aromatic N) is 1. The van der Waals surface area contributed by atoms with E-state index in [2.05, 4.69) is 5.32 Å². The fourth-order valence-corrected chi connectivity index (χ4v) is 2.85. The zero-order valence-corrected chi connectivity index (χ0v) is 12.0. The number of piperidine rings is 1. The first-order valence-corrected chi connectivity index (χ1v) is 7.66. The van der Waals surface area contributed by atoms with Gasteiger partial charge in [-0.05, 0) is 43.4 Å². The lowest BCUT2D eigenvalue weighted by Gasteiger charge is -2.35. The van der Waals surface area contributed by atoms with Gasteiger partial charge in [0.25, 0.3) is 0 Å². The maximum atomic E-state index is 12.8. The molecule has 1 atom stereocenters. The van der Waals surface area contributed by atoms with Crippen molar-refractivity contribution in [2.24, 2.45) is 5.92 Å². The molecule has 116 valence electrons. The molecule has 1 aliphatic heterocycles. The molecule has 1 unspecified atom stereocenters. The molecule has 3 rings (SSSR count). The molecular weight excluding hydrogens is 277 g/mol. The van der Waals surface area contributed by atoms with Gasteiger partial charge in [0.1, 0.15) is 0 Å². The van der Waals surface area contributed by atoms with Gasteiger partial charge in [0.2, 0.25) is 0 Å². The minimum Gasteiger partial charge on any atom is -0.371 e. The number of hydrogen-bond acceptors (Lipinski definition) is 2. The number of nitrogens with one attached hydrogen (secondary N) is 1. The van der Waals surface area contributed by atoms with Gasteiger partial charge >= 0.3 is 6.18 Å². The minimum absolute atomic E-state index is 0.0865. The lowest BCUT2D eigenvalue weighted by Crippen LogP contribution is -2.41. The van der Waals surface area contributed by atoms with Gasteiger partial charge in [0.15, 0.2) is 0 Å². The van der Waals surface area contributed by atoms with Crippen LogP contribution in [0.4, 0.5) is 18.9 Å². The molecule has 2 aliphatic rings. The maximum absolute atomic E-state index is 12.8. The molecule has 0 spiro atoms. The largest absolute Gasteiger partial charge is 0.393 e. The summed E-state index contributed by atoms with van der Waals surface area (Å²) in [5, 5.41) is 3.44. The van der Waals surface area contributed by atoms with Crippen molar-refractivity contribution in [1.82, 2.24) is 5.32 Å². The number of anilines is 1. The van der Waals surface area contributed by atoms with Crippen LogP contribution in [0, 0.1) is 5.92 Å². The predicted molar refractivity (Wildman–Crippen MR) is 77.3 cm³/mol. The van der Waals surface area contributed by atoms with E-state index in [-0.39, 0.29) is 13.0 Å². The van der Waals surface area contributed by atoms with E-state index in [4.69, 9.17) is 0 Å². The quantitative estimate of drug-likeness (QED) is 0.911. The van der Waals surface area contributed by atoms with E-state index >= 15 is 0 Å². The van der Waals surface area contributed by atoms with E-state index in [1.165, 1.54) is 18.4 Å². The molecule has 0 aromatic heterocycles. The highest BCUT2D eigenvalue weighted by atomic mass is 19.4. The smallest absolute Gasteiger partial charge is 0.371 e. The van der Waals surface area contributed by atoms with Crippen molar-refractivity contribution in [3.63, 3.8) is 0 Å². The average Bonchev–Trinajstić information content (AvgIpc) is 3.29. The van der Waals surface area contributed by atoms with Crippen LogP contribution in [0.15, 0.2) is 24.3 Å². The van der Waals surface area contributed by atoms with Gasteiger partial charge in [0.05, 0.1) is 5.92 Å². The number of benzene rings is 1. The highest BCUT2D eigenvalue weighted by molar-refractivity contribution is 5.48. The molecule has 0 bridgehead atoms. The van der Waals surface area contributed by atoms with E-state index < -0.39 is 12.1 Å². The third-order valence-corrected chi connectivity index (χ3v) is 4.36. The third kappa shape index (κ3) is 3.90. The van der Waals surface area contributed by atoms with Crippen molar-refractivity contribution >= 4 is 5.69 Å². The summed E-state index contributed by atoms with van der Waals surface area (Å²) in [4.78, 5) is 1.86. The summed E-state index contributed by atoms with van der Waals surface area (Å²) >= 11 is 0. The highest BCUT2D eigenvalue weighted by Crippen LogP contribution is 2.34. The number of alkyl halides is 3. The molecule has 2 fully saturated rings. The summed E-state index contributed by atoms with van der Waals surface area (Å²) in [6.45, 7) is 1.64. The molecule has 2 nitrogen and oxygen atoms in total. The summed E-state index contributed by atoms with van der Waals surface area (Å²) in [5.41, 5.74) is 2.09. The van der Waals surface area contributed by atoms with Gasteiger partial charge in [-0.1, -0.05) is 12.1 Å². The first-order chi connectivity index (χ1) is 10.0. The van der Waals surface area contributed by atoms with Crippen LogP contribution in [0.25, 0.3) is 0 Å². The van der Waals surface area contributed by atoms with Crippen molar-refractivity contribution in [3.8, 4) is 0 Å². The normalized spacial score (nSPS) is 23.4. The first kappa shape index (κ1) is 14.7. The maximum Gasteiger partial charge on any atom is 0.393 e. The molecule has 1 heterocycles. The van der Waals surface area contributed by atoms with Crippen molar-refractivity contribution in [1.29, 1.82) is 0 Å². The summed E-state index contributed by atoms with van der Waals surface area (Å²) in [7, 11) is 0. The first-order valence-electron chi connectivity index (χ1n) is 7.66. The van der Waals surface area contributed by atoms with Crippen LogP contribution in [0.5, 0.6) is 0 Å². The summed E-state index contributed by atoms with van der Waals surface area (Å²) in [6, 6.07) is 8.59. The lowest BCUT2D eigenvalue weighted by molar-refractivity contribution is -0.175. The van der Waals surface area contributed by atoms with Crippen LogP contribution < -0.4 is 10.2 Å². The van der Waals surface area contributed by atoms with Gasteiger partial charge in [0, 0.05) is 31.4 Å². The molecular formula is C16H21F3N2. The minimum atomic E-state index is -4.08. The van der Waals surface area contributed by atoms with Gasteiger partial charge in [-0.25, -0.2) is 0 Å². The van der Waals surface area contributed by atoms with E-state index in [0.29, 0.717) is 19.0 Å². The van der Waals surface area contributed by atoms with Crippen LogP contribution >= 0.6 is 0 Å². The second-order valence-corrected chi connectivity index (χ2v) is 6.15. The molecule has 1 aromatic carbocycles. The summed E-state index contributed by atoms with van der Waals surface area (Å²) < 4.78 is 38.5. The van der Waals surface area contributed by atoms with Gasteiger partial charge in [-0.3, -0.25) is 0 Å². The Morgan fingerprint density at radius 1 is 1.10 bits per heavy atom. The fourth-order valence-electron chi connectivity index (χ4n) is 2.85. The molecule has 1 saturated carbocycles. The van der Waals surface area contributed by atoms with Crippen molar-refractivity contribution < 1.29 is 13.2 Å². The zero-order chi connectivity index (χ0) is 14.9. The Morgan fingerprint density at radius 3 is 2.43 bits per heavy atom. The Bertz CT molecular complexity index is 465. The molecule has 5 heteroatoms. The molecule has 0 amide bonds. The Balaban J connectivity index is 1.60. The molecule has 1 aliphatic carbocycles. The van der Waals surface area contributed by atoms with Crippen molar-refractivity contribution in [3.05, 3.63) is 29.8 Å². The van der Waals surface area contributed by atoms with E-state index in [0.717, 1.165) is 12.2 Å². The standard InChI is InChI=1S/C16H21F3N2/c17-16(18,19)13-2-1-9-21(11-13)15-7-3-12(4-8-15)10-20-14-5-6-14/h3-4,7-8,13-14,20H,1-2,5-6,9-11H2. The number of halogens is 3. The average molecular weight is 298 g/mol. The van der Waals surface area contributed by atoms with Gasteiger partial charge in [-0.2, -0.15) is 13.2 Å². The van der Waals surface area contributed by atoms with E-state index in [9.17, 15) is 13.2 Å². The second-order valence-electron chi connectivity index (χ2n) is 6.15. The fraction of sp³-hybridized carbons (Fsp3) is 0.625. The monoisotopic (exact) mass is 298 g/mol. The van der Waals surface area contributed by atoms with Crippen LogP contribution in [0.1, 0.15) is 31.2 Å². The Morgan fingerprint density at radius 2 is 1.81 bits per heavy atom. The topological polar surface area (TPSA) is 15.3 Å². The molecule has 0 radical (unpaired) electrons. The van der Waals surface area contributed by atoms with Crippen LogP contribution in [0.3, 0.4) is 0 Å². The van der Waals surface area contributed by atoms with E-state index in [1.807, 2.05) is 29.2 Å². The zero-order valence-electron chi connectivity index (χ0n) is 12.0. The summed E-state index contributed by atoms with van der Waals surface area (Å²) in [6.07, 6.45) is -0.708. The van der Waals surface area contributed by atoms with Crippen LogP contribution in [-0.4, -0.2) is 25.3 Å². The van der Waals surface area contributed by atoms with Gasteiger partial charge < -0.3 is 10.2 Å². The Labute approximate surface area is 123 Å². The molecule has 21 heavy (non-hydrogen) atoms. The Hall–Kier alpha value is -1.23. The lowest BCUT2D eigenvalue weighted by atomic mass is 9.97. The van der Waals surface area contributed by atoms with Gasteiger partial charge in [-0.15, -0.1) is 0 Å². The second kappa shape index (κ2) is 5.87. The SMILES string of the molecule is FC(F)(F)C1CCCN(c2ccc(CNC3CC3)cc2)C1. The van der Waals surface area contributed by atoms with Crippen molar-refractivity contribution in [2.75, 3.05) is 18.0 Å². The van der Waals surface area contributed by atoms with Crippen molar-refractivity contribution in [2.45, 2.75) is 44.4 Å². The molecule has 1 saturated heterocycles. The third-order valence-electron chi connectivity index (χ3n) is 4.36. The van der Waals surface area contributed by atoms with Crippen LogP contribution in [-0.2, 0) is 6.54 Å². The predicted octanol–water partition coefficient (Wildman–Crippen LogP) is 3.72. The molecule has 1 aromatic rings.